The maximum atomic E-state index is 11.9. The highest BCUT2D eigenvalue weighted by Crippen LogP contribution is 2.14. The van der Waals surface area contributed by atoms with Crippen molar-refractivity contribution >= 4 is 11.9 Å². The quantitative estimate of drug-likeness (QED) is 0.735. The zero-order valence-corrected chi connectivity index (χ0v) is 12.7. The van der Waals surface area contributed by atoms with Crippen molar-refractivity contribution in [2.75, 3.05) is 6.54 Å². The number of carboxylic acid groups (broad SMARTS) is 1. The van der Waals surface area contributed by atoms with Gasteiger partial charge in [0.2, 0.25) is 0 Å². The summed E-state index contributed by atoms with van der Waals surface area (Å²) in [6.07, 6.45) is 0.464. The van der Waals surface area contributed by atoms with Crippen molar-refractivity contribution in [3.8, 4) is 5.75 Å². The molecule has 2 aromatic carbocycles. The lowest BCUT2D eigenvalue weighted by molar-refractivity contribution is -0.137. The maximum absolute atomic E-state index is 11.9. The van der Waals surface area contributed by atoms with Crippen LogP contribution in [0.15, 0.2) is 54.6 Å². The van der Waals surface area contributed by atoms with Crippen molar-refractivity contribution in [2.24, 2.45) is 0 Å². The number of carbonyl (C=O) groups is 2. The van der Waals surface area contributed by atoms with E-state index in [4.69, 9.17) is 9.84 Å². The third-order valence-electron chi connectivity index (χ3n) is 3.22. The molecule has 2 aromatic rings. The average Bonchev–Trinajstić information content (AvgIpc) is 2.58. The Balaban J connectivity index is 1.79. The molecule has 0 spiro atoms. The second-order valence-electron chi connectivity index (χ2n) is 5.05. The highest BCUT2D eigenvalue weighted by molar-refractivity contribution is 5.94. The monoisotopic (exact) mass is 313 g/mol. The predicted octanol–water partition coefficient (Wildman–Crippen LogP) is 2.86. The lowest BCUT2D eigenvalue weighted by atomic mass is 10.2. The Morgan fingerprint density at radius 1 is 1.00 bits per heavy atom. The number of amides is 1. The first-order chi connectivity index (χ1) is 11.1. The number of nitrogens with one attached hydrogen (secondary N) is 1. The molecule has 120 valence electrons. The van der Waals surface area contributed by atoms with Crippen molar-refractivity contribution in [2.45, 2.75) is 19.4 Å². The van der Waals surface area contributed by atoms with Crippen molar-refractivity contribution in [3.63, 3.8) is 0 Å². The highest BCUT2D eigenvalue weighted by atomic mass is 16.5. The van der Waals surface area contributed by atoms with Crippen LogP contribution in [-0.2, 0) is 11.4 Å². The van der Waals surface area contributed by atoms with Crippen LogP contribution in [0.25, 0.3) is 0 Å². The third kappa shape index (κ3) is 5.82. The first-order valence-corrected chi connectivity index (χ1v) is 7.42. The Kier molecular flexibility index (Phi) is 6.17. The van der Waals surface area contributed by atoms with Crippen molar-refractivity contribution in [1.82, 2.24) is 5.32 Å². The van der Waals surface area contributed by atoms with E-state index in [-0.39, 0.29) is 12.3 Å². The zero-order valence-electron chi connectivity index (χ0n) is 12.7. The maximum Gasteiger partial charge on any atom is 0.303 e. The van der Waals surface area contributed by atoms with E-state index in [1.165, 1.54) is 0 Å². The van der Waals surface area contributed by atoms with Gasteiger partial charge in [-0.25, -0.2) is 0 Å². The molecule has 2 N–H and O–H groups in total. The minimum absolute atomic E-state index is 0.0482. The number of rotatable bonds is 8. The molecule has 0 heterocycles. The molecule has 0 aromatic heterocycles. The van der Waals surface area contributed by atoms with E-state index in [2.05, 4.69) is 5.32 Å². The summed E-state index contributed by atoms with van der Waals surface area (Å²) in [6.45, 7) is 0.818. The van der Waals surface area contributed by atoms with E-state index >= 15 is 0 Å². The topological polar surface area (TPSA) is 75.6 Å². The molecule has 0 fully saturated rings. The Hall–Kier alpha value is -2.82. The SMILES string of the molecule is O=C(O)CCCNC(=O)c1ccc(OCc2ccccc2)cc1. The van der Waals surface area contributed by atoms with Crippen LogP contribution in [0.2, 0.25) is 0 Å². The van der Waals surface area contributed by atoms with Crippen molar-refractivity contribution in [3.05, 3.63) is 65.7 Å². The predicted molar refractivity (Wildman–Crippen MR) is 86.4 cm³/mol. The van der Waals surface area contributed by atoms with Crippen LogP contribution in [0.5, 0.6) is 5.75 Å². The van der Waals surface area contributed by atoms with Crippen LogP contribution in [0.4, 0.5) is 0 Å². The number of aliphatic carboxylic acids is 1. The molecule has 5 nitrogen and oxygen atoms in total. The smallest absolute Gasteiger partial charge is 0.303 e. The number of benzene rings is 2. The number of carbonyl (C=O) groups excluding carboxylic acids is 1. The minimum Gasteiger partial charge on any atom is -0.489 e. The van der Waals surface area contributed by atoms with E-state index < -0.39 is 5.97 Å². The van der Waals surface area contributed by atoms with Crippen LogP contribution >= 0.6 is 0 Å². The largest absolute Gasteiger partial charge is 0.489 e. The normalized spacial score (nSPS) is 10.1. The molecule has 0 aliphatic rings. The molecule has 0 saturated carbocycles. The van der Waals surface area contributed by atoms with E-state index in [0.29, 0.717) is 30.9 Å². The first kappa shape index (κ1) is 16.5. The van der Waals surface area contributed by atoms with Gasteiger partial charge in [-0.3, -0.25) is 9.59 Å². The second-order valence-corrected chi connectivity index (χ2v) is 5.05. The number of carboxylic acids is 1. The Labute approximate surface area is 134 Å². The van der Waals surface area contributed by atoms with E-state index in [9.17, 15) is 9.59 Å². The van der Waals surface area contributed by atoms with Gasteiger partial charge in [-0.15, -0.1) is 0 Å². The van der Waals surface area contributed by atoms with Gasteiger partial charge in [0, 0.05) is 18.5 Å². The van der Waals surface area contributed by atoms with Gasteiger partial charge in [-0.2, -0.15) is 0 Å². The van der Waals surface area contributed by atoms with Crippen LogP contribution in [0.3, 0.4) is 0 Å². The lowest BCUT2D eigenvalue weighted by Crippen LogP contribution is -2.24. The average molecular weight is 313 g/mol. The highest BCUT2D eigenvalue weighted by Gasteiger charge is 2.05. The molecule has 0 aliphatic heterocycles. The van der Waals surface area contributed by atoms with E-state index in [1.54, 1.807) is 24.3 Å². The molecule has 0 bridgehead atoms. The summed E-state index contributed by atoms with van der Waals surface area (Å²) < 4.78 is 5.65. The van der Waals surface area contributed by atoms with Crippen molar-refractivity contribution in [1.29, 1.82) is 0 Å². The van der Waals surface area contributed by atoms with Crippen molar-refractivity contribution < 1.29 is 19.4 Å². The summed E-state index contributed by atoms with van der Waals surface area (Å²) in [5, 5.41) is 11.2. The summed E-state index contributed by atoms with van der Waals surface area (Å²) in [6, 6.07) is 16.7. The van der Waals surface area contributed by atoms with Gasteiger partial charge in [-0.1, -0.05) is 30.3 Å². The molecule has 2 rings (SSSR count). The summed E-state index contributed by atoms with van der Waals surface area (Å²) in [7, 11) is 0. The summed E-state index contributed by atoms with van der Waals surface area (Å²) >= 11 is 0. The van der Waals surface area contributed by atoms with Crippen LogP contribution < -0.4 is 10.1 Å². The zero-order chi connectivity index (χ0) is 16.5. The van der Waals surface area contributed by atoms with Gasteiger partial charge < -0.3 is 15.2 Å². The Morgan fingerprint density at radius 2 is 1.70 bits per heavy atom. The fraction of sp³-hybridized carbons (Fsp3) is 0.222. The molecule has 5 heteroatoms. The summed E-state index contributed by atoms with van der Waals surface area (Å²) in [5.41, 5.74) is 1.60. The van der Waals surface area contributed by atoms with Gasteiger partial charge >= 0.3 is 5.97 Å². The van der Waals surface area contributed by atoms with Crippen LogP contribution in [0.1, 0.15) is 28.8 Å². The number of hydrogen-bond donors (Lipinski definition) is 2. The molecule has 0 aliphatic carbocycles. The Bertz CT molecular complexity index is 638. The summed E-state index contributed by atoms with van der Waals surface area (Å²) in [4.78, 5) is 22.3. The van der Waals surface area contributed by atoms with Gasteiger partial charge in [0.15, 0.2) is 0 Å². The fourth-order valence-corrected chi connectivity index (χ4v) is 1.99. The molecule has 0 unspecified atom stereocenters. The van der Waals surface area contributed by atoms with Gasteiger partial charge in [0.25, 0.3) is 5.91 Å². The molecule has 0 saturated heterocycles. The Morgan fingerprint density at radius 3 is 2.35 bits per heavy atom. The van der Waals surface area contributed by atoms with Gasteiger partial charge in [-0.05, 0) is 36.2 Å². The minimum atomic E-state index is -0.862. The van der Waals surface area contributed by atoms with Crippen LogP contribution in [0, 0.1) is 0 Å². The van der Waals surface area contributed by atoms with Gasteiger partial charge in [0.05, 0.1) is 0 Å². The lowest BCUT2D eigenvalue weighted by Gasteiger charge is -2.08. The van der Waals surface area contributed by atoms with Crippen LogP contribution in [-0.4, -0.2) is 23.5 Å². The number of ether oxygens (including phenoxy) is 1. The molecule has 23 heavy (non-hydrogen) atoms. The standard InChI is InChI=1S/C18H19NO4/c20-17(21)7-4-12-19-18(22)15-8-10-16(11-9-15)23-13-14-5-2-1-3-6-14/h1-3,5-6,8-11H,4,7,12-13H2,(H,19,22)(H,20,21). The molecule has 0 atom stereocenters. The van der Waals surface area contributed by atoms with E-state index in [0.717, 1.165) is 5.56 Å². The molecule has 0 radical (unpaired) electrons. The fourth-order valence-electron chi connectivity index (χ4n) is 1.99. The molecular weight excluding hydrogens is 294 g/mol. The number of hydrogen-bond acceptors (Lipinski definition) is 3. The third-order valence-corrected chi connectivity index (χ3v) is 3.22. The summed E-state index contributed by atoms with van der Waals surface area (Å²) in [5.74, 6) is -0.388. The molecular formula is C18H19NO4. The van der Waals surface area contributed by atoms with E-state index in [1.807, 2.05) is 30.3 Å². The van der Waals surface area contributed by atoms with Gasteiger partial charge in [0.1, 0.15) is 12.4 Å². The first-order valence-electron chi connectivity index (χ1n) is 7.42. The molecule has 1 amide bonds. The second kappa shape index (κ2) is 8.58.